The Morgan fingerprint density at radius 1 is 1.05 bits per heavy atom. The molecule has 0 bridgehead atoms. The van der Waals surface area contributed by atoms with Gasteiger partial charge in [-0.05, 0) is 37.1 Å². The highest BCUT2D eigenvalue weighted by Gasteiger charge is 2.31. The van der Waals surface area contributed by atoms with E-state index in [9.17, 15) is 18.0 Å². The van der Waals surface area contributed by atoms with Crippen molar-refractivity contribution in [3.63, 3.8) is 0 Å². The molecule has 0 N–H and O–H groups in total. The lowest BCUT2D eigenvalue weighted by Crippen LogP contribution is -2.28. The van der Waals surface area contributed by atoms with Gasteiger partial charge in [0.05, 0.1) is 10.6 Å². The average Bonchev–Trinajstić information content (AvgIpc) is 2.55. The molecule has 0 radical (unpaired) electrons. The molecule has 0 aliphatic carbocycles. The largest absolute Gasteiger partial charge is 0.274 e. The summed E-state index contributed by atoms with van der Waals surface area (Å²) >= 11 is 0. The number of hydrogen-bond acceptors (Lipinski definition) is 4. The van der Waals surface area contributed by atoms with Crippen molar-refractivity contribution in [3.8, 4) is 0 Å². The normalized spacial score (nSPS) is 16.3. The van der Waals surface area contributed by atoms with E-state index in [2.05, 4.69) is 0 Å². The average molecular weight is 302 g/mol. The number of carbonyl (C=O) groups excluding carboxylic acids is 2. The van der Waals surface area contributed by atoms with Gasteiger partial charge in [0, 0.05) is 23.5 Å². The maximum Gasteiger partial charge on any atom is 0.261 e. The minimum absolute atomic E-state index is 0.0250. The number of benzene rings is 1. The minimum atomic E-state index is -3.85. The van der Waals surface area contributed by atoms with Crippen molar-refractivity contribution in [2.24, 2.45) is 0 Å². The van der Waals surface area contributed by atoms with Gasteiger partial charge in [-0.3, -0.25) is 14.5 Å². The first-order valence-corrected chi connectivity index (χ1v) is 7.94. The summed E-state index contributed by atoms with van der Waals surface area (Å²) in [6.07, 6.45) is 0.374. The zero-order chi connectivity index (χ0) is 14.4. The van der Waals surface area contributed by atoms with Crippen molar-refractivity contribution >= 4 is 37.2 Å². The van der Waals surface area contributed by atoms with Crippen LogP contribution in [0.5, 0.6) is 0 Å². The van der Waals surface area contributed by atoms with Crippen LogP contribution in [-0.4, -0.2) is 20.2 Å². The molecule has 1 aliphatic rings. The lowest BCUT2D eigenvalue weighted by atomic mass is 10.1. The van der Waals surface area contributed by atoms with Gasteiger partial charge in [0.25, 0.3) is 9.05 Å². The molecule has 2 rings (SSSR count). The molecule has 2 amide bonds. The Hall–Kier alpha value is -1.40. The van der Waals surface area contributed by atoms with E-state index in [4.69, 9.17) is 10.7 Å². The topological polar surface area (TPSA) is 71.5 Å². The maximum absolute atomic E-state index is 11.7. The number of hydrogen-bond donors (Lipinski definition) is 0. The summed E-state index contributed by atoms with van der Waals surface area (Å²) in [5.41, 5.74) is 1.22. The van der Waals surface area contributed by atoms with Crippen molar-refractivity contribution in [1.29, 1.82) is 0 Å². The van der Waals surface area contributed by atoms with E-state index in [1.54, 1.807) is 13.8 Å². The zero-order valence-corrected chi connectivity index (χ0v) is 12.0. The van der Waals surface area contributed by atoms with Crippen LogP contribution in [0.4, 0.5) is 5.69 Å². The molecular formula is C12H12ClNO4S. The Kier molecular flexibility index (Phi) is 3.40. The van der Waals surface area contributed by atoms with E-state index >= 15 is 0 Å². The summed E-state index contributed by atoms with van der Waals surface area (Å²) in [4.78, 5) is 24.4. The van der Waals surface area contributed by atoms with E-state index in [1.807, 2.05) is 0 Å². The third-order valence-electron chi connectivity index (χ3n) is 3.00. The molecule has 1 aliphatic heterocycles. The van der Waals surface area contributed by atoms with Gasteiger partial charge in [-0.2, -0.15) is 0 Å². The Labute approximate surface area is 115 Å². The predicted molar refractivity (Wildman–Crippen MR) is 70.7 cm³/mol. The van der Waals surface area contributed by atoms with E-state index in [1.165, 1.54) is 12.1 Å². The molecule has 0 spiro atoms. The molecule has 19 heavy (non-hydrogen) atoms. The molecule has 5 nitrogen and oxygen atoms in total. The van der Waals surface area contributed by atoms with Gasteiger partial charge < -0.3 is 0 Å². The molecule has 0 saturated carbocycles. The summed E-state index contributed by atoms with van der Waals surface area (Å²) in [7, 11) is 1.52. The van der Waals surface area contributed by atoms with Crippen LogP contribution in [0.1, 0.15) is 24.0 Å². The van der Waals surface area contributed by atoms with Crippen LogP contribution < -0.4 is 4.90 Å². The first kappa shape index (κ1) is 14.0. The summed E-state index contributed by atoms with van der Waals surface area (Å²) in [5, 5.41) is 0. The number of carbonyl (C=O) groups is 2. The van der Waals surface area contributed by atoms with Crippen LogP contribution >= 0.6 is 10.7 Å². The SMILES string of the molecule is Cc1cc(N2C(=O)CCC2=O)cc(C)c1S(=O)(=O)Cl. The first-order valence-electron chi connectivity index (χ1n) is 5.63. The van der Waals surface area contributed by atoms with Gasteiger partial charge in [-0.25, -0.2) is 8.42 Å². The highest BCUT2D eigenvalue weighted by molar-refractivity contribution is 8.13. The molecule has 1 saturated heterocycles. The maximum atomic E-state index is 11.7. The number of halogens is 1. The Morgan fingerprint density at radius 3 is 1.84 bits per heavy atom. The van der Waals surface area contributed by atoms with Crippen molar-refractivity contribution in [2.45, 2.75) is 31.6 Å². The second-order valence-corrected chi connectivity index (χ2v) is 6.97. The molecular weight excluding hydrogens is 290 g/mol. The monoisotopic (exact) mass is 301 g/mol. The predicted octanol–water partition coefficient (Wildman–Crippen LogP) is 1.88. The van der Waals surface area contributed by atoms with Crippen LogP contribution in [0.15, 0.2) is 17.0 Å². The van der Waals surface area contributed by atoms with Crippen molar-refractivity contribution in [1.82, 2.24) is 0 Å². The molecule has 1 aromatic carbocycles. The molecule has 1 aromatic rings. The first-order chi connectivity index (χ1) is 8.71. The van der Waals surface area contributed by atoms with Crippen LogP contribution in [0, 0.1) is 13.8 Å². The highest BCUT2D eigenvalue weighted by Crippen LogP contribution is 2.31. The fourth-order valence-corrected chi connectivity index (χ4v) is 3.92. The smallest absolute Gasteiger partial charge is 0.261 e. The summed E-state index contributed by atoms with van der Waals surface area (Å²) < 4.78 is 22.9. The van der Waals surface area contributed by atoms with E-state index in [0.717, 1.165) is 4.90 Å². The van der Waals surface area contributed by atoms with Gasteiger partial charge >= 0.3 is 0 Å². The Bertz CT molecular complexity index is 642. The minimum Gasteiger partial charge on any atom is -0.274 e. The van der Waals surface area contributed by atoms with Gasteiger partial charge in [0.1, 0.15) is 0 Å². The summed E-state index contributed by atoms with van der Waals surface area (Å²) in [6.45, 7) is 3.16. The van der Waals surface area contributed by atoms with Crippen LogP contribution in [-0.2, 0) is 18.6 Å². The van der Waals surface area contributed by atoms with E-state index < -0.39 is 9.05 Å². The quantitative estimate of drug-likeness (QED) is 0.618. The Balaban J connectivity index is 2.58. The lowest BCUT2D eigenvalue weighted by Gasteiger charge is -2.17. The summed E-state index contributed by atoms with van der Waals surface area (Å²) in [6, 6.07) is 2.98. The second kappa shape index (κ2) is 4.61. The van der Waals surface area contributed by atoms with Gasteiger partial charge in [-0.1, -0.05) is 0 Å². The number of nitrogens with zero attached hydrogens (tertiary/aromatic N) is 1. The van der Waals surface area contributed by atoms with Crippen molar-refractivity contribution < 1.29 is 18.0 Å². The molecule has 0 unspecified atom stereocenters. The zero-order valence-electron chi connectivity index (χ0n) is 10.4. The Morgan fingerprint density at radius 2 is 1.47 bits per heavy atom. The van der Waals surface area contributed by atoms with Gasteiger partial charge in [0.15, 0.2) is 0 Å². The molecule has 102 valence electrons. The highest BCUT2D eigenvalue weighted by atomic mass is 35.7. The standard InChI is InChI=1S/C12H12ClNO4S/c1-7-5-9(14-10(15)3-4-11(14)16)6-8(2)12(7)19(13,17)18/h5-6H,3-4H2,1-2H3. The van der Waals surface area contributed by atoms with Gasteiger partial charge in [0.2, 0.25) is 11.8 Å². The van der Waals surface area contributed by atoms with Crippen LogP contribution in [0.2, 0.25) is 0 Å². The number of imide groups is 1. The van der Waals surface area contributed by atoms with Gasteiger partial charge in [-0.15, -0.1) is 0 Å². The van der Waals surface area contributed by atoms with E-state index in [-0.39, 0.29) is 29.6 Å². The number of anilines is 1. The van der Waals surface area contributed by atoms with Crippen molar-refractivity contribution in [2.75, 3.05) is 4.90 Å². The molecule has 0 atom stereocenters. The molecule has 1 fully saturated rings. The fourth-order valence-electron chi connectivity index (χ4n) is 2.31. The molecule has 7 heteroatoms. The van der Waals surface area contributed by atoms with Crippen LogP contribution in [0.3, 0.4) is 0 Å². The third kappa shape index (κ3) is 2.50. The number of amides is 2. The summed E-state index contributed by atoms with van der Waals surface area (Å²) in [5.74, 6) is -0.546. The second-order valence-electron chi connectivity index (χ2n) is 4.47. The van der Waals surface area contributed by atoms with E-state index in [0.29, 0.717) is 16.8 Å². The number of rotatable bonds is 2. The van der Waals surface area contributed by atoms with Crippen LogP contribution in [0.25, 0.3) is 0 Å². The molecule has 1 heterocycles. The third-order valence-corrected chi connectivity index (χ3v) is 4.59. The lowest BCUT2D eigenvalue weighted by molar-refractivity contribution is -0.121. The van der Waals surface area contributed by atoms with Crippen molar-refractivity contribution in [3.05, 3.63) is 23.3 Å². The molecule has 0 aromatic heterocycles. The number of aryl methyl sites for hydroxylation is 2. The fraction of sp³-hybridized carbons (Fsp3) is 0.333.